The fourth-order valence-electron chi connectivity index (χ4n) is 7.65. The lowest BCUT2D eigenvalue weighted by Gasteiger charge is -2.56. The molecule has 6 atom stereocenters. The SMILES string of the molecule is CCCCCCCCCCCCCC(=O)O[C@@H]1[C@@H]2C=C(CO)C[C@]3(O)C(=O)C(C)=CC3[C@@]2(O)[C@H](C)CC1(C)C. The van der Waals surface area contributed by atoms with E-state index in [1.165, 1.54) is 51.4 Å². The Morgan fingerprint density at radius 1 is 0.974 bits per heavy atom. The highest BCUT2D eigenvalue weighted by Crippen LogP contribution is 2.58. The zero-order valence-electron chi connectivity index (χ0n) is 25.1. The lowest BCUT2D eigenvalue weighted by Crippen LogP contribution is -2.65. The minimum Gasteiger partial charge on any atom is -0.461 e. The third-order valence-electron chi connectivity index (χ3n) is 9.79. The van der Waals surface area contributed by atoms with Crippen molar-refractivity contribution in [1.82, 2.24) is 0 Å². The molecular formula is C33H54O6. The fourth-order valence-corrected chi connectivity index (χ4v) is 7.65. The normalized spacial score (nSPS) is 33.6. The summed E-state index contributed by atoms with van der Waals surface area (Å²) in [5.41, 5.74) is -2.80. The van der Waals surface area contributed by atoms with Crippen LogP contribution >= 0.6 is 0 Å². The number of esters is 1. The molecule has 3 rings (SSSR count). The number of unbranched alkanes of at least 4 members (excludes halogenated alkanes) is 10. The summed E-state index contributed by atoms with van der Waals surface area (Å²) >= 11 is 0. The highest BCUT2D eigenvalue weighted by atomic mass is 16.5. The maximum atomic E-state index is 13.1. The molecule has 1 fully saturated rings. The molecule has 0 aromatic heterocycles. The van der Waals surface area contributed by atoms with Gasteiger partial charge in [0.2, 0.25) is 0 Å². The van der Waals surface area contributed by atoms with Crippen molar-refractivity contribution in [1.29, 1.82) is 0 Å². The molecule has 0 radical (unpaired) electrons. The fraction of sp³-hybridized carbons (Fsp3) is 0.818. The zero-order valence-corrected chi connectivity index (χ0v) is 25.1. The number of rotatable bonds is 14. The van der Waals surface area contributed by atoms with Gasteiger partial charge in [-0.1, -0.05) is 104 Å². The minimum atomic E-state index is -1.80. The summed E-state index contributed by atoms with van der Waals surface area (Å²) in [6.07, 6.45) is 17.0. The van der Waals surface area contributed by atoms with Gasteiger partial charge in [-0.15, -0.1) is 0 Å². The molecule has 6 heteroatoms. The molecule has 0 heterocycles. The van der Waals surface area contributed by atoms with E-state index in [0.29, 0.717) is 24.0 Å². The summed E-state index contributed by atoms with van der Waals surface area (Å²) in [6.45, 7) is 9.62. The van der Waals surface area contributed by atoms with E-state index in [2.05, 4.69) is 6.92 Å². The van der Waals surface area contributed by atoms with E-state index in [-0.39, 0.29) is 24.9 Å². The second kappa shape index (κ2) is 13.4. The zero-order chi connectivity index (χ0) is 28.8. The Bertz CT molecular complexity index is 919. The van der Waals surface area contributed by atoms with Crippen molar-refractivity contribution in [2.24, 2.45) is 23.2 Å². The molecule has 1 saturated carbocycles. The van der Waals surface area contributed by atoms with E-state index in [9.17, 15) is 24.9 Å². The van der Waals surface area contributed by atoms with Gasteiger partial charge < -0.3 is 20.1 Å². The molecule has 3 aliphatic carbocycles. The van der Waals surface area contributed by atoms with Crippen molar-refractivity contribution >= 4 is 11.8 Å². The number of carbonyl (C=O) groups excluding carboxylic acids is 2. The van der Waals surface area contributed by atoms with Crippen LogP contribution in [0.15, 0.2) is 23.3 Å². The van der Waals surface area contributed by atoms with Gasteiger partial charge in [-0.3, -0.25) is 9.59 Å². The predicted molar refractivity (Wildman–Crippen MR) is 154 cm³/mol. The minimum absolute atomic E-state index is 0.0355. The molecular weight excluding hydrogens is 492 g/mol. The number of Topliss-reactive ketones (excluding diaryl/α,β-unsaturated/α-hetero) is 1. The number of aliphatic hydroxyl groups excluding tert-OH is 1. The number of ether oxygens (including phenoxy) is 1. The van der Waals surface area contributed by atoms with Crippen LogP contribution < -0.4 is 0 Å². The third kappa shape index (κ3) is 6.87. The summed E-state index contributed by atoms with van der Waals surface area (Å²) in [5, 5.41) is 34.1. The second-order valence-electron chi connectivity index (χ2n) is 13.4. The summed E-state index contributed by atoms with van der Waals surface area (Å²) in [5.74, 6) is -2.41. The molecule has 0 aromatic rings. The van der Waals surface area contributed by atoms with Crippen molar-refractivity contribution in [3.63, 3.8) is 0 Å². The van der Waals surface area contributed by atoms with Gasteiger partial charge in [0.1, 0.15) is 11.7 Å². The number of hydrogen-bond donors (Lipinski definition) is 3. The van der Waals surface area contributed by atoms with Crippen LogP contribution in [0.25, 0.3) is 0 Å². The van der Waals surface area contributed by atoms with Crippen LogP contribution in [0.3, 0.4) is 0 Å². The van der Waals surface area contributed by atoms with Crippen LogP contribution in [0.2, 0.25) is 0 Å². The lowest BCUT2D eigenvalue weighted by atomic mass is 9.53. The quantitative estimate of drug-likeness (QED) is 0.136. The van der Waals surface area contributed by atoms with E-state index >= 15 is 0 Å². The molecule has 0 aromatic carbocycles. The molecule has 0 spiro atoms. The first-order chi connectivity index (χ1) is 18.4. The summed E-state index contributed by atoms with van der Waals surface area (Å²) in [7, 11) is 0. The highest BCUT2D eigenvalue weighted by Gasteiger charge is 2.67. The largest absolute Gasteiger partial charge is 0.461 e. The van der Waals surface area contributed by atoms with Crippen LogP contribution in [0.1, 0.15) is 125 Å². The average Bonchev–Trinajstić information content (AvgIpc) is 3.04. The van der Waals surface area contributed by atoms with Crippen LogP contribution in [0.4, 0.5) is 0 Å². The summed E-state index contributed by atoms with van der Waals surface area (Å²) in [6, 6.07) is 0. The highest BCUT2D eigenvalue weighted by molar-refractivity contribution is 6.04. The van der Waals surface area contributed by atoms with Gasteiger partial charge in [-0.05, 0) is 36.8 Å². The van der Waals surface area contributed by atoms with Crippen molar-refractivity contribution in [3.05, 3.63) is 23.3 Å². The second-order valence-corrected chi connectivity index (χ2v) is 13.4. The molecule has 0 saturated heterocycles. The van der Waals surface area contributed by atoms with E-state index in [1.807, 2.05) is 20.8 Å². The number of hydrogen-bond acceptors (Lipinski definition) is 6. The Labute approximate surface area is 236 Å². The molecule has 6 nitrogen and oxygen atoms in total. The average molecular weight is 547 g/mol. The van der Waals surface area contributed by atoms with Crippen molar-refractivity contribution in [3.8, 4) is 0 Å². The van der Waals surface area contributed by atoms with Gasteiger partial charge in [0, 0.05) is 30.1 Å². The molecule has 3 aliphatic rings. The first kappa shape index (κ1) is 32.0. The number of fused-ring (bicyclic) bond motifs is 3. The van der Waals surface area contributed by atoms with Gasteiger partial charge in [-0.25, -0.2) is 0 Å². The van der Waals surface area contributed by atoms with Gasteiger partial charge in [-0.2, -0.15) is 0 Å². The van der Waals surface area contributed by atoms with Crippen molar-refractivity contribution in [2.45, 2.75) is 142 Å². The Morgan fingerprint density at radius 3 is 2.10 bits per heavy atom. The number of ketones is 1. The molecule has 39 heavy (non-hydrogen) atoms. The lowest BCUT2D eigenvalue weighted by molar-refractivity contribution is -0.218. The van der Waals surface area contributed by atoms with Crippen LogP contribution in [-0.2, 0) is 14.3 Å². The van der Waals surface area contributed by atoms with Gasteiger partial charge in [0.15, 0.2) is 5.78 Å². The maximum absolute atomic E-state index is 13.1. The number of carbonyl (C=O) groups is 2. The first-order valence-electron chi connectivity index (χ1n) is 15.6. The van der Waals surface area contributed by atoms with Crippen LogP contribution in [-0.4, -0.2) is 51.0 Å². The summed E-state index contributed by atoms with van der Waals surface area (Å²) in [4.78, 5) is 26.1. The smallest absolute Gasteiger partial charge is 0.306 e. The third-order valence-corrected chi connectivity index (χ3v) is 9.79. The Morgan fingerprint density at radius 2 is 1.54 bits per heavy atom. The molecule has 1 unspecified atom stereocenters. The topological polar surface area (TPSA) is 104 Å². The van der Waals surface area contributed by atoms with E-state index in [0.717, 1.165) is 19.3 Å². The van der Waals surface area contributed by atoms with Gasteiger partial charge >= 0.3 is 5.97 Å². The molecule has 0 aliphatic heterocycles. The molecule has 0 bridgehead atoms. The molecule has 3 N–H and O–H groups in total. The van der Waals surface area contributed by atoms with Crippen LogP contribution in [0, 0.1) is 23.2 Å². The van der Waals surface area contributed by atoms with Crippen LogP contribution in [0.5, 0.6) is 0 Å². The Hall–Kier alpha value is -1.50. The van der Waals surface area contributed by atoms with E-state index in [1.54, 1.807) is 19.1 Å². The Kier molecular flexibility index (Phi) is 11.0. The molecule has 0 amide bonds. The maximum Gasteiger partial charge on any atom is 0.306 e. The monoisotopic (exact) mass is 546 g/mol. The van der Waals surface area contributed by atoms with E-state index in [4.69, 9.17) is 4.74 Å². The standard InChI is InChI=1S/C33H54O6/c1-6-7-8-9-10-11-12-13-14-15-16-17-28(35)39-30-26-19-25(22-34)21-32(37)27(18-23(2)29(32)36)33(26,38)24(3)20-31(30,4)5/h18-19,24,26-27,30,34,37-38H,6-17,20-22H2,1-5H3/t24-,26+,27?,30-,32-,33-/m1/s1. The first-order valence-corrected chi connectivity index (χ1v) is 15.6. The number of aliphatic hydroxyl groups is 3. The van der Waals surface area contributed by atoms with E-state index < -0.39 is 40.3 Å². The predicted octanol–water partition coefficient (Wildman–Crippen LogP) is 6.21. The van der Waals surface area contributed by atoms with Gasteiger partial charge in [0.25, 0.3) is 0 Å². The van der Waals surface area contributed by atoms with Crippen molar-refractivity contribution in [2.75, 3.05) is 6.61 Å². The summed E-state index contributed by atoms with van der Waals surface area (Å²) < 4.78 is 6.15. The van der Waals surface area contributed by atoms with Crippen molar-refractivity contribution < 1.29 is 29.6 Å². The molecule has 222 valence electrons. The van der Waals surface area contributed by atoms with Gasteiger partial charge in [0.05, 0.1) is 12.2 Å². The Balaban J connectivity index is 1.63.